The quantitative estimate of drug-likeness (QED) is 0.800. The second-order valence-electron chi connectivity index (χ2n) is 4.38. The normalized spacial score (nSPS) is 14.4. The molecule has 1 atom stereocenters. The third-order valence-corrected chi connectivity index (χ3v) is 3.62. The maximum absolute atomic E-state index is 11.6. The van der Waals surface area contributed by atoms with Gasteiger partial charge in [-0.2, -0.15) is 0 Å². The van der Waals surface area contributed by atoms with Crippen LogP contribution >= 0.6 is 15.9 Å². The first-order chi connectivity index (χ1) is 8.61. The number of halogens is 1. The molecule has 0 saturated carbocycles. The van der Waals surface area contributed by atoms with E-state index >= 15 is 0 Å². The topological polar surface area (TPSA) is 38.8 Å². The molecule has 2 rings (SSSR count). The SMILES string of the molecule is CC(Cc1ccc2c(c1)OCO2)N(C)C(=O)CBr. The highest BCUT2D eigenvalue weighted by Crippen LogP contribution is 2.32. The van der Waals surface area contributed by atoms with Gasteiger partial charge in [-0.25, -0.2) is 0 Å². The molecule has 1 aromatic rings. The Balaban J connectivity index is 2.03. The summed E-state index contributed by atoms with van der Waals surface area (Å²) in [7, 11) is 1.82. The smallest absolute Gasteiger partial charge is 0.233 e. The van der Waals surface area contributed by atoms with Crippen molar-refractivity contribution in [3.63, 3.8) is 0 Å². The first-order valence-electron chi connectivity index (χ1n) is 5.82. The van der Waals surface area contributed by atoms with E-state index in [0.717, 1.165) is 23.5 Å². The van der Waals surface area contributed by atoms with Gasteiger partial charge in [0.25, 0.3) is 0 Å². The zero-order chi connectivity index (χ0) is 13.1. The average Bonchev–Trinajstić information content (AvgIpc) is 2.84. The van der Waals surface area contributed by atoms with Crippen molar-refractivity contribution in [3.8, 4) is 11.5 Å². The minimum absolute atomic E-state index is 0.0863. The molecule has 1 aliphatic heterocycles. The molecular weight excluding hydrogens is 298 g/mol. The van der Waals surface area contributed by atoms with Crippen LogP contribution in [-0.2, 0) is 11.2 Å². The first-order valence-corrected chi connectivity index (χ1v) is 6.94. The fraction of sp³-hybridized carbons (Fsp3) is 0.462. The summed E-state index contributed by atoms with van der Waals surface area (Å²) in [6, 6.07) is 6.05. The van der Waals surface area contributed by atoms with Crippen molar-refractivity contribution in [2.75, 3.05) is 19.2 Å². The fourth-order valence-corrected chi connectivity index (χ4v) is 2.28. The molecule has 0 saturated heterocycles. The van der Waals surface area contributed by atoms with Gasteiger partial charge in [-0.05, 0) is 31.0 Å². The average molecular weight is 314 g/mol. The molecule has 1 amide bonds. The largest absolute Gasteiger partial charge is 0.454 e. The van der Waals surface area contributed by atoms with Crippen molar-refractivity contribution in [2.45, 2.75) is 19.4 Å². The number of rotatable bonds is 4. The molecule has 4 nitrogen and oxygen atoms in total. The van der Waals surface area contributed by atoms with E-state index in [1.807, 2.05) is 32.2 Å². The summed E-state index contributed by atoms with van der Waals surface area (Å²) in [6.07, 6.45) is 0.798. The van der Waals surface area contributed by atoms with Crippen molar-refractivity contribution >= 4 is 21.8 Å². The van der Waals surface area contributed by atoms with Gasteiger partial charge in [0.05, 0.1) is 5.33 Å². The number of alkyl halides is 1. The molecule has 98 valence electrons. The fourth-order valence-electron chi connectivity index (χ4n) is 1.89. The third-order valence-electron chi connectivity index (χ3n) is 3.14. The number of ether oxygens (including phenoxy) is 2. The molecule has 0 bridgehead atoms. The molecular formula is C13H16BrNO3. The van der Waals surface area contributed by atoms with Gasteiger partial charge in [-0.15, -0.1) is 0 Å². The van der Waals surface area contributed by atoms with E-state index in [1.165, 1.54) is 0 Å². The van der Waals surface area contributed by atoms with Crippen LogP contribution in [0, 0.1) is 0 Å². The Kier molecular flexibility index (Phi) is 4.11. The Morgan fingerprint density at radius 3 is 2.89 bits per heavy atom. The number of carbonyl (C=O) groups excluding carboxylic acids is 1. The van der Waals surface area contributed by atoms with Crippen LogP contribution < -0.4 is 9.47 Å². The number of amides is 1. The van der Waals surface area contributed by atoms with Crippen molar-refractivity contribution in [1.29, 1.82) is 0 Å². The molecule has 0 aromatic heterocycles. The third kappa shape index (κ3) is 2.77. The number of likely N-dealkylation sites (N-methyl/N-ethyl adjacent to an activating group) is 1. The molecule has 0 N–H and O–H groups in total. The number of benzene rings is 1. The van der Waals surface area contributed by atoms with Gasteiger partial charge < -0.3 is 14.4 Å². The summed E-state index contributed by atoms with van der Waals surface area (Å²) in [6.45, 7) is 2.32. The van der Waals surface area contributed by atoms with Crippen molar-refractivity contribution in [1.82, 2.24) is 4.90 Å². The molecule has 1 heterocycles. The molecule has 1 aliphatic rings. The molecule has 1 aromatic carbocycles. The zero-order valence-electron chi connectivity index (χ0n) is 10.5. The Morgan fingerprint density at radius 1 is 1.44 bits per heavy atom. The Labute approximate surface area is 115 Å². The summed E-state index contributed by atoms with van der Waals surface area (Å²) in [5, 5.41) is 0.356. The maximum Gasteiger partial charge on any atom is 0.233 e. The van der Waals surface area contributed by atoms with Crippen LogP contribution in [0.1, 0.15) is 12.5 Å². The lowest BCUT2D eigenvalue weighted by Crippen LogP contribution is -2.37. The molecule has 0 radical (unpaired) electrons. The van der Waals surface area contributed by atoms with Gasteiger partial charge >= 0.3 is 0 Å². The second kappa shape index (κ2) is 5.61. The summed E-state index contributed by atoms with van der Waals surface area (Å²) in [4.78, 5) is 13.3. The minimum Gasteiger partial charge on any atom is -0.454 e. The predicted molar refractivity (Wildman–Crippen MR) is 72.3 cm³/mol. The van der Waals surface area contributed by atoms with E-state index < -0.39 is 0 Å². The molecule has 0 fully saturated rings. The number of nitrogens with zero attached hydrogens (tertiary/aromatic N) is 1. The Hall–Kier alpha value is -1.23. The van der Waals surface area contributed by atoms with E-state index in [-0.39, 0.29) is 18.7 Å². The summed E-state index contributed by atoms with van der Waals surface area (Å²) < 4.78 is 10.6. The monoisotopic (exact) mass is 313 g/mol. The summed E-state index contributed by atoms with van der Waals surface area (Å²) in [5.41, 5.74) is 1.14. The Morgan fingerprint density at radius 2 is 2.17 bits per heavy atom. The van der Waals surface area contributed by atoms with Gasteiger partial charge in [-0.3, -0.25) is 4.79 Å². The number of carbonyl (C=O) groups is 1. The highest BCUT2D eigenvalue weighted by atomic mass is 79.9. The van der Waals surface area contributed by atoms with Crippen LogP contribution in [-0.4, -0.2) is 36.0 Å². The number of fused-ring (bicyclic) bond motifs is 1. The molecule has 1 unspecified atom stereocenters. The van der Waals surface area contributed by atoms with E-state index in [2.05, 4.69) is 15.9 Å². The molecule has 0 spiro atoms. The van der Waals surface area contributed by atoms with Crippen LogP contribution in [0.15, 0.2) is 18.2 Å². The standard InChI is InChI=1S/C13H16BrNO3/c1-9(15(2)13(16)7-14)5-10-3-4-11-12(6-10)18-8-17-11/h3-4,6,9H,5,7-8H2,1-2H3. The van der Waals surface area contributed by atoms with Crippen molar-refractivity contribution in [2.24, 2.45) is 0 Å². The van der Waals surface area contributed by atoms with Crippen LogP contribution in [0.3, 0.4) is 0 Å². The first kappa shape index (κ1) is 13.2. The van der Waals surface area contributed by atoms with Gasteiger partial charge in [0.15, 0.2) is 11.5 Å². The molecule has 5 heteroatoms. The van der Waals surface area contributed by atoms with Crippen molar-refractivity contribution in [3.05, 3.63) is 23.8 Å². The Bertz CT molecular complexity index is 450. The van der Waals surface area contributed by atoms with Gasteiger partial charge in [0, 0.05) is 13.1 Å². The highest BCUT2D eigenvalue weighted by Gasteiger charge is 2.17. The van der Waals surface area contributed by atoms with Crippen LogP contribution in [0.2, 0.25) is 0 Å². The number of hydrogen-bond donors (Lipinski definition) is 0. The molecule has 18 heavy (non-hydrogen) atoms. The summed E-state index contributed by atoms with van der Waals surface area (Å²) >= 11 is 3.18. The maximum atomic E-state index is 11.6. The lowest BCUT2D eigenvalue weighted by molar-refractivity contribution is -0.128. The lowest BCUT2D eigenvalue weighted by Gasteiger charge is -2.24. The van der Waals surface area contributed by atoms with E-state index in [1.54, 1.807) is 4.90 Å². The van der Waals surface area contributed by atoms with Crippen LogP contribution in [0.5, 0.6) is 11.5 Å². The highest BCUT2D eigenvalue weighted by molar-refractivity contribution is 9.09. The lowest BCUT2D eigenvalue weighted by atomic mass is 10.1. The second-order valence-corrected chi connectivity index (χ2v) is 4.94. The van der Waals surface area contributed by atoms with E-state index in [9.17, 15) is 4.79 Å². The van der Waals surface area contributed by atoms with Gasteiger partial charge in [-0.1, -0.05) is 22.0 Å². The van der Waals surface area contributed by atoms with Crippen LogP contribution in [0.4, 0.5) is 0 Å². The van der Waals surface area contributed by atoms with E-state index in [4.69, 9.17) is 9.47 Å². The van der Waals surface area contributed by atoms with Crippen molar-refractivity contribution < 1.29 is 14.3 Å². The zero-order valence-corrected chi connectivity index (χ0v) is 12.1. The van der Waals surface area contributed by atoms with Crippen LogP contribution in [0.25, 0.3) is 0 Å². The minimum atomic E-state index is 0.0863. The molecule has 0 aliphatic carbocycles. The predicted octanol–water partition coefficient (Wildman–Crippen LogP) is 2.20. The summed E-state index contributed by atoms with van der Waals surface area (Å²) in [5.74, 6) is 1.66. The van der Waals surface area contributed by atoms with Gasteiger partial charge in [0.1, 0.15) is 0 Å². The van der Waals surface area contributed by atoms with E-state index in [0.29, 0.717) is 5.33 Å². The number of hydrogen-bond acceptors (Lipinski definition) is 3. The van der Waals surface area contributed by atoms with Gasteiger partial charge in [0.2, 0.25) is 12.7 Å².